The molecule has 12 heteroatoms. The number of likely N-dealkylation sites (N-methyl/N-ethyl adjacent to an activating group) is 1. The van der Waals surface area contributed by atoms with Gasteiger partial charge in [-0.3, -0.25) is 29.1 Å². The summed E-state index contributed by atoms with van der Waals surface area (Å²) in [5, 5.41) is 49.4. The first kappa shape index (κ1) is 35.7. The minimum Gasteiger partial charge on any atom is -0.508 e. The standard InChI is InChI=1S/C37H46N4O8/c1-5-8-19(9-6-2)11-12-20-14-23(18-40-36(48)21-10-7-13-39-17-21)30(42)27-24(20)15-22-16-25-29(41(3)4)32(44)28(35(38)47)34(46)37(25,49)33(45)26(22)31(27)43/h7,10,13-14,17,19,22,25,29,42-43,46,49H,5-6,8-9,11-12,15-16,18H2,1-4H3,(H2,38,47)(H,40,48)/t22?,25-,29-,37-/m0/s1. The zero-order chi connectivity index (χ0) is 35.8. The molecule has 1 fully saturated rings. The summed E-state index contributed by atoms with van der Waals surface area (Å²) in [5.41, 5.74) is 3.86. The van der Waals surface area contributed by atoms with Gasteiger partial charge in [-0.15, -0.1) is 0 Å². The number of rotatable bonds is 12. The molecule has 0 spiro atoms. The van der Waals surface area contributed by atoms with Crippen molar-refractivity contribution in [2.24, 2.45) is 23.5 Å². The van der Waals surface area contributed by atoms with Crippen LogP contribution in [0.3, 0.4) is 0 Å². The molecule has 0 radical (unpaired) electrons. The summed E-state index contributed by atoms with van der Waals surface area (Å²) in [5.74, 6) is -6.90. The largest absolute Gasteiger partial charge is 0.508 e. The summed E-state index contributed by atoms with van der Waals surface area (Å²) in [6.07, 6.45) is 8.87. The van der Waals surface area contributed by atoms with Crippen molar-refractivity contribution >= 4 is 29.1 Å². The molecule has 1 aromatic heterocycles. The number of phenols is 1. The van der Waals surface area contributed by atoms with Gasteiger partial charge < -0.3 is 31.5 Å². The quantitative estimate of drug-likeness (QED) is 0.181. The summed E-state index contributed by atoms with van der Waals surface area (Å²) in [7, 11) is 3.14. The van der Waals surface area contributed by atoms with Crippen molar-refractivity contribution in [3.8, 4) is 5.75 Å². The normalized spacial score (nSPS) is 23.4. The van der Waals surface area contributed by atoms with Gasteiger partial charge in [0.25, 0.3) is 11.8 Å². The number of carbonyl (C=O) groups is 4. The van der Waals surface area contributed by atoms with Crippen LogP contribution in [-0.4, -0.2) is 79.4 Å². The number of primary amides is 1. The molecule has 1 saturated carbocycles. The van der Waals surface area contributed by atoms with Gasteiger partial charge >= 0.3 is 0 Å². The number of pyridine rings is 1. The number of amides is 2. The van der Waals surface area contributed by atoms with E-state index in [1.165, 1.54) is 11.1 Å². The maximum atomic E-state index is 14.3. The highest BCUT2D eigenvalue weighted by atomic mass is 16.3. The van der Waals surface area contributed by atoms with Gasteiger partial charge in [0.05, 0.1) is 17.2 Å². The average molecular weight is 675 g/mol. The summed E-state index contributed by atoms with van der Waals surface area (Å²) in [4.78, 5) is 58.4. The monoisotopic (exact) mass is 674 g/mol. The van der Waals surface area contributed by atoms with Gasteiger partial charge in [0.15, 0.2) is 11.4 Å². The van der Waals surface area contributed by atoms with Crippen LogP contribution >= 0.6 is 0 Å². The molecule has 1 aromatic carbocycles. The van der Waals surface area contributed by atoms with E-state index >= 15 is 0 Å². The maximum absolute atomic E-state index is 14.3. The molecule has 12 nitrogen and oxygen atoms in total. The molecule has 49 heavy (non-hydrogen) atoms. The Morgan fingerprint density at radius 1 is 1.10 bits per heavy atom. The van der Waals surface area contributed by atoms with E-state index in [-0.39, 0.29) is 36.3 Å². The number of hydrogen-bond donors (Lipinski definition) is 6. The number of carbonyl (C=O) groups excluding carboxylic acids is 4. The Morgan fingerprint density at radius 3 is 2.39 bits per heavy atom. The lowest BCUT2D eigenvalue weighted by molar-refractivity contribution is -0.153. The Balaban J connectivity index is 1.63. The number of aromatic nitrogens is 1. The third kappa shape index (κ3) is 6.23. The van der Waals surface area contributed by atoms with Crippen LogP contribution < -0.4 is 11.1 Å². The topological polar surface area (TPSA) is 203 Å². The van der Waals surface area contributed by atoms with Crippen LogP contribution in [0.15, 0.2) is 47.5 Å². The van der Waals surface area contributed by atoms with E-state index in [4.69, 9.17) is 5.73 Å². The Hall–Kier alpha value is -4.55. The van der Waals surface area contributed by atoms with E-state index in [2.05, 4.69) is 24.1 Å². The molecule has 1 heterocycles. The van der Waals surface area contributed by atoms with Gasteiger partial charge in [-0.05, 0) is 74.9 Å². The van der Waals surface area contributed by atoms with Gasteiger partial charge in [0, 0.05) is 36.0 Å². The maximum Gasteiger partial charge on any atom is 0.255 e. The highest BCUT2D eigenvalue weighted by Gasteiger charge is 2.64. The number of ketones is 2. The lowest BCUT2D eigenvalue weighted by Gasteiger charge is -2.50. The van der Waals surface area contributed by atoms with Crippen molar-refractivity contribution in [3.63, 3.8) is 0 Å². The van der Waals surface area contributed by atoms with Crippen LogP contribution in [0.5, 0.6) is 5.75 Å². The van der Waals surface area contributed by atoms with Crippen LogP contribution in [0.2, 0.25) is 0 Å². The highest BCUT2D eigenvalue weighted by Crippen LogP contribution is 2.53. The molecule has 0 aliphatic heterocycles. The number of benzene rings is 1. The Kier molecular flexibility index (Phi) is 10.3. The number of Topliss-reactive ketones (excluding diaryl/α,β-unsaturated/α-hetero) is 2. The fraction of sp³-hybridized carbons (Fsp3) is 0.486. The minimum atomic E-state index is -2.72. The minimum absolute atomic E-state index is 0.0170. The predicted octanol–water partition coefficient (Wildman–Crippen LogP) is 3.44. The zero-order valence-corrected chi connectivity index (χ0v) is 28.5. The molecule has 4 atom stereocenters. The van der Waals surface area contributed by atoms with E-state index in [1.807, 2.05) is 6.07 Å². The third-order valence-electron chi connectivity index (χ3n) is 10.5. The van der Waals surface area contributed by atoms with Gasteiger partial charge in [-0.2, -0.15) is 0 Å². The van der Waals surface area contributed by atoms with E-state index in [1.54, 1.807) is 32.4 Å². The van der Waals surface area contributed by atoms with Crippen molar-refractivity contribution < 1.29 is 39.6 Å². The Labute approximate surface area is 285 Å². The lowest BCUT2D eigenvalue weighted by atomic mass is 9.57. The van der Waals surface area contributed by atoms with E-state index in [0.29, 0.717) is 29.0 Å². The number of hydrogen-bond acceptors (Lipinski definition) is 10. The first-order valence-corrected chi connectivity index (χ1v) is 17.0. The molecule has 0 saturated heterocycles. The van der Waals surface area contributed by atoms with Gasteiger partial charge in [0.2, 0.25) is 5.78 Å². The van der Waals surface area contributed by atoms with Gasteiger partial charge in [-0.1, -0.05) is 45.6 Å². The molecular formula is C37H46N4O8. The number of aromatic hydroxyl groups is 1. The first-order chi connectivity index (χ1) is 23.3. The summed E-state index contributed by atoms with van der Waals surface area (Å²) in [6, 6.07) is 3.93. The number of aliphatic hydroxyl groups excluding tert-OH is 2. The van der Waals surface area contributed by atoms with E-state index < -0.39 is 64.0 Å². The first-order valence-electron chi connectivity index (χ1n) is 17.0. The Bertz CT molecular complexity index is 1730. The Morgan fingerprint density at radius 2 is 1.80 bits per heavy atom. The van der Waals surface area contributed by atoms with Crippen LogP contribution in [-0.2, 0) is 33.8 Å². The molecule has 7 N–H and O–H groups in total. The van der Waals surface area contributed by atoms with Crippen LogP contribution in [0.25, 0.3) is 5.76 Å². The fourth-order valence-electron chi connectivity index (χ4n) is 8.19. The van der Waals surface area contributed by atoms with Crippen LogP contribution in [0.4, 0.5) is 0 Å². The van der Waals surface area contributed by atoms with E-state index in [0.717, 1.165) is 37.7 Å². The molecule has 2 amide bonds. The molecule has 3 aliphatic rings. The van der Waals surface area contributed by atoms with Crippen molar-refractivity contribution in [2.45, 2.75) is 83.4 Å². The van der Waals surface area contributed by atoms with Crippen LogP contribution in [0, 0.1) is 17.8 Å². The number of nitrogens with zero attached hydrogens (tertiary/aromatic N) is 2. The second-order valence-corrected chi connectivity index (χ2v) is 13.8. The number of nitrogens with one attached hydrogen (secondary N) is 1. The van der Waals surface area contributed by atoms with Crippen molar-refractivity contribution in [1.29, 1.82) is 0 Å². The second kappa shape index (κ2) is 14.1. The van der Waals surface area contributed by atoms with E-state index in [9.17, 15) is 39.6 Å². The fourth-order valence-corrected chi connectivity index (χ4v) is 8.19. The third-order valence-corrected chi connectivity index (χ3v) is 10.5. The molecule has 262 valence electrons. The molecular weight excluding hydrogens is 628 g/mol. The molecule has 2 aromatic rings. The summed E-state index contributed by atoms with van der Waals surface area (Å²) >= 11 is 0. The number of fused-ring (bicyclic) bond motifs is 3. The molecule has 5 rings (SSSR count). The number of aryl methyl sites for hydroxylation is 1. The molecule has 1 unspecified atom stereocenters. The van der Waals surface area contributed by atoms with Crippen LogP contribution in [0.1, 0.15) is 85.0 Å². The lowest BCUT2D eigenvalue weighted by Crippen LogP contribution is -2.65. The predicted molar refractivity (Wildman–Crippen MR) is 181 cm³/mol. The highest BCUT2D eigenvalue weighted by molar-refractivity contribution is 6.24. The number of aliphatic hydroxyl groups is 3. The number of nitrogens with two attached hydrogens (primary N) is 1. The molecule has 3 aliphatic carbocycles. The smallest absolute Gasteiger partial charge is 0.255 e. The summed E-state index contributed by atoms with van der Waals surface area (Å²) in [6.45, 7) is 4.21. The van der Waals surface area contributed by atoms with Crippen molar-refractivity contribution in [3.05, 3.63) is 75.3 Å². The van der Waals surface area contributed by atoms with Crippen molar-refractivity contribution in [1.82, 2.24) is 15.2 Å². The zero-order valence-electron chi connectivity index (χ0n) is 28.5. The average Bonchev–Trinajstić information content (AvgIpc) is 3.05. The SMILES string of the molecule is CCCC(CCC)CCc1cc(CNC(=O)c2cccnc2)c(O)c2c1CC1C[C@H]3[C@H](N(C)C)C(=O)C(C(N)=O)=C(O)[C@@]3(O)C(=O)C1=C2O. The van der Waals surface area contributed by atoms with Gasteiger partial charge in [-0.25, -0.2) is 0 Å². The molecule has 0 bridgehead atoms. The second-order valence-electron chi connectivity index (χ2n) is 13.8. The van der Waals surface area contributed by atoms with Crippen molar-refractivity contribution in [2.75, 3.05) is 14.1 Å². The summed E-state index contributed by atoms with van der Waals surface area (Å²) < 4.78 is 0. The van der Waals surface area contributed by atoms with Gasteiger partial charge in [0.1, 0.15) is 22.8 Å². The number of phenolic OH excluding ortho intramolecular Hbond substituents is 1.